The van der Waals surface area contributed by atoms with Gasteiger partial charge in [-0.1, -0.05) is 12.8 Å². The third-order valence-electron chi connectivity index (χ3n) is 3.74. The van der Waals surface area contributed by atoms with E-state index in [-0.39, 0.29) is 5.54 Å². The maximum atomic E-state index is 10.4. The van der Waals surface area contributed by atoms with E-state index < -0.39 is 5.60 Å². The van der Waals surface area contributed by atoms with E-state index in [0.29, 0.717) is 0 Å². The van der Waals surface area contributed by atoms with Crippen LogP contribution in [0.3, 0.4) is 0 Å². The summed E-state index contributed by atoms with van der Waals surface area (Å²) in [5.41, 5.74) is 5.53. The molecule has 0 aromatic carbocycles. The van der Waals surface area contributed by atoms with Gasteiger partial charge in [-0.15, -0.1) is 0 Å². The lowest BCUT2D eigenvalue weighted by atomic mass is 9.75. The first kappa shape index (κ1) is 9.81. The summed E-state index contributed by atoms with van der Waals surface area (Å²) < 4.78 is 0. The molecule has 0 amide bonds. The van der Waals surface area contributed by atoms with Crippen LogP contribution in [0, 0.1) is 0 Å². The van der Waals surface area contributed by atoms with Gasteiger partial charge in [0.25, 0.3) is 0 Å². The van der Waals surface area contributed by atoms with E-state index in [1.165, 1.54) is 0 Å². The van der Waals surface area contributed by atoms with Crippen molar-refractivity contribution < 1.29 is 5.11 Å². The highest BCUT2D eigenvalue weighted by Crippen LogP contribution is 2.43. The monoisotopic (exact) mass is 201 g/mol. The second kappa shape index (κ2) is 3.44. The van der Waals surface area contributed by atoms with Gasteiger partial charge in [0.15, 0.2) is 0 Å². The Hall–Kier alpha value is 0.270. The summed E-state index contributed by atoms with van der Waals surface area (Å²) in [5, 5.41) is 10.4. The minimum absolute atomic E-state index is 0.269. The molecular formula is C10H19NOS. The number of hydrogen-bond acceptors (Lipinski definition) is 3. The summed E-state index contributed by atoms with van der Waals surface area (Å²) in [4.78, 5) is 0. The van der Waals surface area contributed by atoms with Crippen molar-refractivity contribution in [2.75, 3.05) is 11.5 Å². The molecule has 1 saturated carbocycles. The Bertz CT molecular complexity index is 183. The molecule has 3 N–H and O–H groups in total. The molecule has 0 aromatic rings. The highest BCUT2D eigenvalue weighted by Gasteiger charge is 2.49. The molecule has 3 heteroatoms. The Labute approximate surface area is 84.3 Å². The van der Waals surface area contributed by atoms with Crippen LogP contribution in [-0.4, -0.2) is 27.8 Å². The van der Waals surface area contributed by atoms with Crippen LogP contribution in [0.25, 0.3) is 0 Å². The van der Waals surface area contributed by atoms with Gasteiger partial charge in [0, 0.05) is 5.54 Å². The Balaban J connectivity index is 2.11. The molecule has 0 atom stereocenters. The number of hydrogen-bond donors (Lipinski definition) is 2. The summed E-state index contributed by atoms with van der Waals surface area (Å²) >= 11 is 1.96. The summed E-state index contributed by atoms with van der Waals surface area (Å²) in [6.45, 7) is 0. The van der Waals surface area contributed by atoms with Gasteiger partial charge in [-0.05, 0) is 37.2 Å². The van der Waals surface area contributed by atoms with E-state index in [0.717, 1.165) is 50.0 Å². The van der Waals surface area contributed by atoms with E-state index in [4.69, 9.17) is 5.73 Å². The van der Waals surface area contributed by atoms with Gasteiger partial charge in [0.2, 0.25) is 0 Å². The van der Waals surface area contributed by atoms with Gasteiger partial charge in [-0.25, -0.2) is 0 Å². The van der Waals surface area contributed by atoms with Gasteiger partial charge < -0.3 is 10.8 Å². The van der Waals surface area contributed by atoms with Crippen molar-refractivity contribution in [1.29, 1.82) is 0 Å². The quantitative estimate of drug-likeness (QED) is 0.676. The third kappa shape index (κ3) is 1.62. The first-order valence-corrected chi connectivity index (χ1v) is 6.41. The molecule has 1 aliphatic heterocycles. The van der Waals surface area contributed by atoms with Crippen molar-refractivity contribution in [2.24, 2.45) is 5.73 Å². The Morgan fingerprint density at radius 3 is 2.08 bits per heavy atom. The first-order valence-electron chi connectivity index (χ1n) is 5.25. The molecule has 0 unspecified atom stereocenters. The van der Waals surface area contributed by atoms with Crippen molar-refractivity contribution in [1.82, 2.24) is 0 Å². The van der Waals surface area contributed by atoms with E-state index >= 15 is 0 Å². The van der Waals surface area contributed by atoms with Crippen LogP contribution >= 0.6 is 11.8 Å². The Kier molecular flexibility index (Phi) is 2.60. The Morgan fingerprint density at radius 1 is 1.00 bits per heavy atom. The van der Waals surface area contributed by atoms with Gasteiger partial charge >= 0.3 is 0 Å². The van der Waals surface area contributed by atoms with E-state index in [9.17, 15) is 5.11 Å². The largest absolute Gasteiger partial charge is 0.388 e. The molecule has 13 heavy (non-hydrogen) atoms. The normalized spacial score (nSPS) is 31.8. The lowest BCUT2D eigenvalue weighted by molar-refractivity contribution is -0.0341. The number of aliphatic hydroxyl groups is 1. The predicted octanol–water partition coefficient (Wildman–Crippen LogP) is 1.52. The van der Waals surface area contributed by atoms with Crippen LogP contribution in [0.2, 0.25) is 0 Å². The molecule has 1 heterocycles. The minimum Gasteiger partial charge on any atom is -0.388 e. The second-order valence-corrected chi connectivity index (χ2v) is 5.73. The van der Waals surface area contributed by atoms with Crippen LogP contribution in [0.1, 0.15) is 38.5 Å². The lowest BCUT2D eigenvalue weighted by Crippen LogP contribution is -2.61. The van der Waals surface area contributed by atoms with E-state index in [1.807, 2.05) is 11.8 Å². The van der Waals surface area contributed by atoms with Crippen molar-refractivity contribution in [3.05, 3.63) is 0 Å². The molecule has 1 aliphatic carbocycles. The summed E-state index contributed by atoms with van der Waals surface area (Å²) in [5.74, 6) is 2.25. The summed E-state index contributed by atoms with van der Waals surface area (Å²) in [7, 11) is 0. The van der Waals surface area contributed by atoms with Gasteiger partial charge in [-0.3, -0.25) is 0 Å². The fraction of sp³-hybridized carbons (Fsp3) is 1.00. The molecule has 2 nitrogen and oxygen atoms in total. The van der Waals surface area contributed by atoms with E-state index in [1.54, 1.807) is 0 Å². The number of thioether (sulfide) groups is 1. The molecule has 2 aliphatic rings. The van der Waals surface area contributed by atoms with E-state index in [2.05, 4.69) is 0 Å². The zero-order valence-electron chi connectivity index (χ0n) is 8.09. The standard InChI is InChI=1S/C10H19NOS/c11-9(5-7-13-8-6-9)10(12)3-1-2-4-10/h12H,1-8,11H2. The minimum atomic E-state index is -0.534. The van der Waals surface area contributed by atoms with Crippen LogP contribution in [0.15, 0.2) is 0 Å². The molecule has 2 fully saturated rings. The topological polar surface area (TPSA) is 46.2 Å². The van der Waals surface area contributed by atoms with Crippen molar-refractivity contribution in [3.63, 3.8) is 0 Å². The van der Waals surface area contributed by atoms with Crippen molar-refractivity contribution >= 4 is 11.8 Å². The summed E-state index contributed by atoms with van der Waals surface area (Å²) in [6.07, 6.45) is 6.15. The first-order chi connectivity index (χ1) is 6.16. The zero-order valence-corrected chi connectivity index (χ0v) is 8.91. The van der Waals surface area contributed by atoms with Crippen LogP contribution in [-0.2, 0) is 0 Å². The van der Waals surface area contributed by atoms with Crippen LogP contribution < -0.4 is 5.73 Å². The van der Waals surface area contributed by atoms with Gasteiger partial charge in [-0.2, -0.15) is 11.8 Å². The molecule has 1 saturated heterocycles. The summed E-state index contributed by atoms with van der Waals surface area (Å²) in [6, 6.07) is 0. The molecule has 0 aromatic heterocycles. The SMILES string of the molecule is NC1(C2(O)CCCC2)CCSCC1. The number of nitrogens with two attached hydrogens (primary N) is 1. The third-order valence-corrected chi connectivity index (χ3v) is 4.73. The van der Waals surface area contributed by atoms with Crippen LogP contribution in [0.5, 0.6) is 0 Å². The highest BCUT2D eigenvalue weighted by atomic mass is 32.2. The fourth-order valence-corrected chi connectivity index (χ4v) is 3.88. The second-order valence-electron chi connectivity index (χ2n) is 4.51. The molecule has 76 valence electrons. The lowest BCUT2D eigenvalue weighted by Gasteiger charge is -2.45. The smallest absolute Gasteiger partial charge is 0.0826 e. The average Bonchev–Trinajstić information content (AvgIpc) is 2.55. The zero-order chi connectivity index (χ0) is 9.36. The predicted molar refractivity (Wildman–Crippen MR) is 56.9 cm³/mol. The average molecular weight is 201 g/mol. The molecule has 0 spiro atoms. The molecular weight excluding hydrogens is 182 g/mol. The molecule has 0 bridgehead atoms. The molecule has 0 radical (unpaired) electrons. The van der Waals surface area contributed by atoms with Gasteiger partial charge in [0.05, 0.1) is 5.60 Å². The van der Waals surface area contributed by atoms with Gasteiger partial charge in [0.1, 0.15) is 0 Å². The molecule has 2 rings (SSSR count). The Morgan fingerprint density at radius 2 is 1.54 bits per heavy atom. The van der Waals surface area contributed by atoms with Crippen molar-refractivity contribution in [3.8, 4) is 0 Å². The maximum Gasteiger partial charge on any atom is 0.0826 e. The highest BCUT2D eigenvalue weighted by molar-refractivity contribution is 7.99. The van der Waals surface area contributed by atoms with Crippen molar-refractivity contribution in [2.45, 2.75) is 49.7 Å². The number of rotatable bonds is 1. The van der Waals surface area contributed by atoms with Crippen LogP contribution in [0.4, 0.5) is 0 Å². The fourth-order valence-electron chi connectivity index (χ4n) is 2.66. The maximum absolute atomic E-state index is 10.4.